The van der Waals surface area contributed by atoms with E-state index in [2.05, 4.69) is 4.98 Å². The van der Waals surface area contributed by atoms with Gasteiger partial charge in [0, 0.05) is 29.1 Å². The fourth-order valence-corrected chi connectivity index (χ4v) is 2.21. The van der Waals surface area contributed by atoms with Crippen molar-refractivity contribution in [2.45, 2.75) is 6.92 Å². The molecule has 18 heavy (non-hydrogen) atoms. The van der Waals surface area contributed by atoms with Gasteiger partial charge in [-0.2, -0.15) is 0 Å². The number of nitrogens with zero attached hydrogens (tertiary/aromatic N) is 1. The lowest BCUT2D eigenvalue weighted by molar-refractivity contribution is 0.105. The van der Waals surface area contributed by atoms with Crippen molar-refractivity contribution in [3.8, 4) is 0 Å². The molecular formula is C15H11NO2. The molecule has 88 valence electrons. The number of aliphatic hydroxyl groups excluding tert-OH is 1. The summed E-state index contributed by atoms with van der Waals surface area (Å²) in [5.74, 6) is -0.0952. The number of hydrogen-bond donors (Lipinski definition) is 1. The number of ketones is 1. The zero-order valence-corrected chi connectivity index (χ0v) is 9.84. The van der Waals surface area contributed by atoms with Crippen molar-refractivity contribution in [3.63, 3.8) is 0 Å². The number of fused-ring (bicyclic) bond motifs is 1. The van der Waals surface area contributed by atoms with Crippen molar-refractivity contribution in [2.75, 3.05) is 0 Å². The van der Waals surface area contributed by atoms with Crippen LogP contribution in [0, 0.1) is 6.92 Å². The minimum absolute atomic E-state index is 0.0479. The molecule has 0 atom stereocenters. The first-order valence-electron chi connectivity index (χ1n) is 5.68. The summed E-state index contributed by atoms with van der Waals surface area (Å²) in [4.78, 5) is 16.3. The van der Waals surface area contributed by atoms with Crippen molar-refractivity contribution in [1.82, 2.24) is 4.98 Å². The second kappa shape index (κ2) is 3.81. The zero-order valence-electron chi connectivity index (χ0n) is 9.84. The van der Waals surface area contributed by atoms with Crippen LogP contribution in [0.5, 0.6) is 0 Å². The van der Waals surface area contributed by atoms with Crippen molar-refractivity contribution in [1.29, 1.82) is 0 Å². The van der Waals surface area contributed by atoms with E-state index in [4.69, 9.17) is 0 Å². The monoisotopic (exact) mass is 237 g/mol. The fraction of sp³-hybridized carbons (Fsp3) is 0.0667. The summed E-state index contributed by atoms with van der Waals surface area (Å²) in [6, 6.07) is 8.97. The summed E-state index contributed by atoms with van der Waals surface area (Å²) in [6.45, 7) is 1.93. The number of allylic oxidation sites excluding steroid dienone is 1. The molecule has 1 aliphatic rings. The maximum atomic E-state index is 12.3. The highest BCUT2D eigenvalue weighted by atomic mass is 16.3. The van der Waals surface area contributed by atoms with Gasteiger partial charge in [-0.1, -0.05) is 23.8 Å². The van der Waals surface area contributed by atoms with Crippen LogP contribution in [0.15, 0.2) is 42.7 Å². The first kappa shape index (κ1) is 10.7. The highest BCUT2D eigenvalue weighted by molar-refractivity contribution is 6.38. The van der Waals surface area contributed by atoms with Crippen molar-refractivity contribution >= 4 is 17.1 Å². The summed E-state index contributed by atoms with van der Waals surface area (Å²) >= 11 is 0. The van der Waals surface area contributed by atoms with E-state index in [9.17, 15) is 9.90 Å². The standard InChI is InChI=1S/C15H11NO2/c1-9-4-5-11-12(7-9)15(18)13(14(11)17)10-3-2-6-16-8-10/h2-8,18H,1H3. The summed E-state index contributed by atoms with van der Waals surface area (Å²) in [5.41, 5.74) is 3.16. The van der Waals surface area contributed by atoms with Gasteiger partial charge in [0.05, 0.1) is 5.57 Å². The van der Waals surface area contributed by atoms with E-state index < -0.39 is 0 Å². The fourth-order valence-electron chi connectivity index (χ4n) is 2.21. The molecule has 0 radical (unpaired) electrons. The number of Topliss-reactive ketones (excluding diaryl/α,β-unsaturated/α-hetero) is 1. The van der Waals surface area contributed by atoms with Crippen LogP contribution < -0.4 is 0 Å². The molecule has 1 N–H and O–H groups in total. The van der Waals surface area contributed by atoms with Gasteiger partial charge in [0.15, 0.2) is 5.78 Å². The summed E-state index contributed by atoms with van der Waals surface area (Å²) < 4.78 is 0. The Kier molecular flexibility index (Phi) is 2.27. The number of rotatable bonds is 1. The molecule has 0 amide bonds. The maximum Gasteiger partial charge on any atom is 0.198 e. The van der Waals surface area contributed by atoms with Gasteiger partial charge in [-0.25, -0.2) is 0 Å². The molecule has 2 aromatic rings. The SMILES string of the molecule is Cc1ccc2c(c1)C(O)=C(c1cccnc1)C2=O. The first-order chi connectivity index (χ1) is 8.68. The Labute approximate surface area is 104 Å². The van der Waals surface area contributed by atoms with E-state index in [0.717, 1.165) is 5.56 Å². The lowest BCUT2D eigenvalue weighted by atomic mass is 10.0. The third kappa shape index (κ3) is 1.44. The number of carbonyl (C=O) groups excluding carboxylic acids is 1. The Morgan fingerprint density at radius 3 is 2.72 bits per heavy atom. The van der Waals surface area contributed by atoms with E-state index >= 15 is 0 Å². The van der Waals surface area contributed by atoms with Crippen LogP contribution in [0.2, 0.25) is 0 Å². The van der Waals surface area contributed by atoms with E-state index in [-0.39, 0.29) is 11.5 Å². The van der Waals surface area contributed by atoms with Gasteiger partial charge in [0.25, 0.3) is 0 Å². The number of benzene rings is 1. The van der Waals surface area contributed by atoms with E-state index in [1.54, 1.807) is 30.6 Å². The van der Waals surface area contributed by atoms with Gasteiger partial charge < -0.3 is 5.11 Å². The number of aryl methyl sites for hydroxylation is 1. The van der Waals surface area contributed by atoms with Crippen molar-refractivity contribution in [3.05, 3.63) is 65.0 Å². The maximum absolute atomic E-state index is 12.3. The Bertz CT molecular complexity index is 672. The number of carbonyl (C=O) groups is 1. The third-order valence-corrected chi connectivity index (χ3v) is 3.09. The summed E-state index contributed by atoms with van der Waals surface area (Å²) in [7, 11) is 0. The van der Waals surface area contributed by atoms with Gasteiger partial charge in [0.2, 0.25) is 0 Å². The molecule has 0 unspecified atom stereocenters. The molecule has 3 heteroatoms. The number of pyridine rings is 1. The Morgan fingerprint density at radius 2 is 2.00 bits per heavy atom. The minimum Gasteiger partial charge on any atom is -0.507 e. The minimum atomic E-state index is -0.143. The van der Waals surface area contributed by atoms with Crippen LogP contribution in [-0.4, -0.2) is 15.9 Å². The van der Waals surface area contributed by atoms with E-state index in [0.29, 0.717) is 22.3 Å². The normalized spacial score (nSPS) is 13.9. The molecule has 1 aromatic carbocycles. The second-order valence-corrected chi connectivity index (χ2v) is 4.34. The smallest absolute Gasteiger partial charge is 0.198 e. The highest BCUT2D eigenvalue weighted by Crippen LogP contribution is 2.36. The van der Waals surface area contributed by atoms with Crippen LogP contribution in [0.3, 0.4) is 0 Å². The zero-order chi connectivity index (χ0) is 12.7. The third-order valence-electron chi connectivity index (χ3n) is 3.09. The molecule has 0 saturated heterocycles. The molecule has 0 saturated carbocycles. The Hall–Kier alpha value is -2.42. The molecule has 1 aliphatic carbocycles. The van der Waals surface area contributed by atoms with Crippen molar-refractivity contribution in [2.24, 2.45) is 0 Å². The molecule has 0 spiro atoms. The molecule has 1 heterocycles. The number of aromatic nitrogens is 1. The summed E-state index contributed by atoms with van der Waals surface area (Å²) in [5, 5.41) is 10.2. The lowest BCUT2D eigenvalue weighted by Crippen LogP contribution is -1.98. The topological polar surface area (TPSA) is 50.2 Å². The molecule has 3 rings (SSSR count). The second-order valence-electron chi connectivity index (χ2n) is 4.34. The largest absolute Gasteiger partial charge is 0.507 e. The molecular weight excluding hydrogens is 226 g/mol. The van der Waals surface area contributed by atoms with E-state index in [1.165, 1.54) is 0 Å². The van der Waals surface area contributed by atoms with Gasteiger partial charge >= 0.3 is 0 Å². The van der Waals surface area contributed by atoms with Crippen LogP contribution in [-0.2, 0) is 0 Å². The van der Waals surface area contributed by atoms with Crippen LogP contribution in [0.4, 0.5) is 0 Å². The predicted molar refractivity (Wildman–Crippen MR) is 69.2 cm³/mol. The number of hydrogen-bond acceptors (Lipinski definition) is 3. The van der Waals surface area contributed by atoms with Gasteiger partial charge in [0.1, 0.15) is 5.76 Å². The average molecular weight is 237 g/mol. The Balaban J connectivity index is 2.22. The van der Waals surface area contributed by atoms with Crippen molar-refractivity contribution < 1.29 is 9.90 Å². The first-order valence-corrected chi connectivity index (χ1v) is 5.68. The average Bonchev–Trinajstić information content (AvgIpc) is 2.63. The molecule has 1 aromatic heterocycles. The van der Waals surface area contributed by atoms with Crippen LogP contribution in [0.25, 0.3) is 11.3 Å². The lowest BCUT2D eigenvalue weighted by Gasteiger charge is -2.00. The molecule has 0 bridgehead atoms. The van der Waals surface area contributed by atoms with Gasteiger partial charge in [-0.3, -0.25) is 9.78 Å². The number of aliphatic hydroxyl groups is 1. The van der Waals surface area contributed by atoms with Gasteiger partial charge in [-0.15, -0.1) is 0 Å². The molecule has 0 aliphatic heterocycles. The quantitative estimate of drug-likeness (QED) is 0.829. The van der Waals surface area contributed by atoms with Crippen LogP contribution >= 0.6 is 0 Å². The molecule has 3 nitrogen and oxygen atoms in total. The highest BCUT2D eigenvalue weighted by Gasteiger charge is 2.30. The Morgan fingerprint density at radius 1 is 1.17 bits per heavy atom. The summed E-state index contributed by atoms with van der Waals surface area (Å²) in [6.07, 6.45) is 3.22. The molecule has 0 fully saturated rings. The van der Waals surface area contributed by atoms with Crippen LogP contribution in [0.1, 0.15) is 27.0 Å². The van der Waals surface area contributed by atoms with E-state index in [1.807, 2.05) is 19.1 Å². The predicted octanol–water partition coefficient (Wildman–Crippen LogP) is 3.01. The van der Waals surface area contributed by atoms with Gasteiger partial charge in [-0.05, 0) is 19.1 Å².